The fourth-order valence-corrected chi connectivity index (χ4v) is 10.2. The van der Waals surface area contributed by atoms with E-state index < -0.39 is 10.0 Å². The van der Waals surface area contributed by atoms with Gasteiger partial charge in [0.1, 0.15) is 6.61 Å². The number of carbonyl (C=O) groups is 1. The van der Waals surface area contributed by atoms with Crippen LogP contribution in [0.5, 0.6) is 0 Å². The fraction of sp³-hybridized carbons (Fsp3) is 0.658. The van der Waals surface area contributed by atoms with Crippen LogP contribution in [0.3, 0.4) is 0 Å². The molecule has 3 unspecified atom stereocenters. The molecule has 3 aliphatic rings. The summed E-state index contributed by atoms with van der Waals surface area (Å²) < 4.78 is 34.5. The highest BCUT2D eigenvalue weighted by Crippen LogP contribution is 2.46. The average Bonchev–Trinajstić information content (AvgIpc) is 3.44. The predicted octanol–water partition coefficient (Wildman–Crippen LogP) is 7.54. The molecule has 1 saturated heterocycles. The molecule has 0 aromatic heterocycles. The number of rotatable bonds is 10. The fourth-order valence-electron chi connectivity index (χ4n) is 8.73. The Kier molecular flexibility index (Phi) is 11.5. The van der Waals surface area contributed by atoms with E-state index in [4.69, 9.17) is 4.74 Å². The summed E-state index contributed by atoms with van der Waals surface area (Å²) >= 11 is 0. The molecule has 0 bridgehead atoms. The second-order valence-electron chi connectivity index (χ2n) is 15.2. The van der Waals surface area contributed by atoms with Crippen LogP contribution < -0.4 is 0 Å². The van der Waals surface area contributed by atoms with E-state index in [1.165, 1.54) is 11.8 Å². The molecule has 1 aliphatic heterocycles. The Balaban J connectivity index is 1.23. The Bertz CT molecular complexity index is 1350. The Labute approximate surface area is 278 Å². The SMILES string of the molecule is CCN(C(=O)OCc1ccccc1)C1CCN(CC2CC(N(C3CCC(C(C)(C)C)CC3)S(C)(=O)=O)CC2c2ccccc2)CC1. The zero-order chi connectivity index (χ0) is 32.9. The molecule has 2 aromatic rings. The van der Waals surface area contributed by atoms with Gasteiger partial charge in [-0.25, -0.2) is 13.2 Å². The van der Waals surface area contributed by atoms with Crippen molar-refractivity contribution in [2.75, 3.05) is 32.4 Å². The van der Waals surface area contributed by atoms with Crippen molar-refractivity contribution < 1.29 is 17.9 Å². The first kappa shape index (κ1) is 34.9. The van der Waals surface area contributed by atoms with Gasteiger partial charge < -0.3 is 14.5 Å². The topological polar surface area (TPSA) is 70.2 Å². The molecule has 3 atom stereocenters. The zero-order valence-corrected chi connectivity index (χ0v) is 29.6. The van der Waals surface area contributed by atoms with Gasteiger partial charge in [0.25, 0.3) is 0 Å². The average molecular weight is 652 g/mol. The highest BCUT2D eigenvalue weighted by atomic mass is 32.2. The normalized spacial score (nSPS) is 26.7. The van der Waals surface area contributed by atoms with Crippen LogP contribution in [0.25, 0.3) is 0 Å². The summed E-state index contributed by atoms with van der Waals surface area (Å²) in [5.41, 5.74) is 2.59. The van der Waals surface area contributed by atoms with Crippen molar-refractivity contribution in [3.8, 4) is 0 Å². The van der Waals surface area contributed by atoms with Crippen LogP contribution in [-0.4, -0.2) is 79.2 Å². The summed E-state index contributed by atoms with van der Waals surface area (Å²) in [7, 11) is -3.34. The number of nitrogens with zero attached hydrogens (tertiary/aromatic N) is 3. The molecule has 254 valence electrons. The van der Waals surface area contributed by atoms with Gasteiger partial charge in [-0.05, 0) is 92.6 Å². The van der Waals surface area contributed by atoms with Gasteiger partial charge in [0.05, 0.1) is 6.26 Å². The number of ether oxygens (including phenoxy) is 1. The second kappa shape index (κ2) is 15.2. The van der Waals surface area contributed by atoms with E-state index >= 15 is 0 Å². The third-order valence-electron chi connectivity index (χ3n) is 11.2. The third kappa shape index (κ3) is 8.73. The van der Waals surface area contributed by atoms with Crippen LogP contribution in [0.15, 0.2) is 60.7 Å². The minimum Gasteiger partial charge on any atom is -0.445 e. The molecule has 2 aliphatic carbocycles. The second-order valence-corrected chi connectivity index (χ2v) is 17.1. The van der Waals surface area contributed by atoms with Gasteiger partial charge in [0.15, 0.2) is 0 Å². The van der Waals surface area contributed by atoms with Crippen LogP contribution in [0, 0.1) is 17.3 Å². The van der Waals surface area contributed by atoms with Crippen molar-refractivity contribution in [2.45, 2.75) is 110 Å². The van der Waals surface area contributed by atoms with Gasteiger partial charge in [0, 0.05) is 44.3 Å². The number of benzene rings is 2. The van der Waals surface area contributed by atoms with Gasteiger partial charge in [-0.1, -0.05) is 81.4 Å². The van der Waals surface area contributed by atoms with Crippen molar-refractivity contribution >= 4 is 16.1 Å². The molecule has 0 spiro atoms. The lowest BCUT2D eigenvalue weighted by Crippen LogP contribution is -2.49. The van der Waals surface area contributed by atoms with Crippen molar-refractivity contribution in [2.24, 2.45) is 17.3 Å². The molecule has 3 fully saturated rings. The van der Waals surface area contributed by atoms with Gasteiger partial charge in [-0.15, -0.1) is 0 Å². The molecule has 1 amide bonds. The number of amides is 1. The van der Waals surface area contributed by atoms with Gasteiger partial charge >= 0.3 is 6.09 Å². The van der Waals surface area contributed by atoms with Crippen molar-refractivity contribution in [3.63, 3.8) is 0 Å². The molecule has 8 heteroatoms. The first-order valence-corrected chi connectivity index (χ1v) is 19.5. The minimum absolute atomic E-state index is 0.0360. The standard InChI is InChI=1S/C38H57N3O4S/c1-6-40(37(42)45-28-29-13-9-7-10-14-29)33-21-23-39(24-22-33)27-31-25-35(26-36(31)30-15-11-8-12-16-30)41(46(5,43)44)34-19-17-32(18-20-34)38(2,3)4/h7-16,31-36H,6,17-28H2,1-5H3. The maximum Gasteiger partial charge on any atom is 0.410 e. The van der Waals surface area contributed by atoms with Crippen LogP contribution >= 0.6 is 0 Å². The lowest BCUT2D eigenvalue weighted by atomic mass is 9.71. The zero-order valence-electron chi connectivity index (χ0n) is 28.8. The molecule has 0 radical (unpaired) electrons. The van der Waals surface area contributed by atoms with Crippen molar-refractivity contribution in [1.82, 2.24) is 14.1 Å². The maximum absolute atomic E-state index is 13.4. The van der Waals surface area contributed by atoms with E-state index in [0.29, 0.717) is 30.9 Å². The molecular formula is C38H57N3O4S. The first-order valence-electron chi connectivity index (χ1n) is 17.7. The third-order valence-corrected chi connectivity index (χ3v) is 12.6. The quantitative estimate of drug-likeness (QED) is 0.266. The van der Waals surface area contributed by atoms with E-state index in [1.807, 2.05) is 46.5 Å². The molecule has 2 aromatic carbocycles. The number of hydrogen-bond acceptors (Lipinski definition) is 5. The summed E-state index contributed by atoms with van der Waals surface area (Å²) in [5, 5.41) is 0. The number of hydrogen-bond donors (Lipinski definition) is 0. The summed E-state index contributed by atoms with van der Waals surface area (Å²) in [6.07, 6.45) is 8.95. The maximum atomic E-state index is 13.4. The van der Waals surface area contributed by atoms with Gasteiger partial charge in [-0.3, -0.25) is 0 Å². The predicted molar refractivity (Wildman–Crippen MR) is 186 cm³/mol. The van der Waals surface area contributed by atoms with Crippen LogP contribution in [0.4, 0.5) is 4.79 Å². The van der Waals surface area contributed by atoms with Crippen LogP contribution in [-0.2, 0) is 21.4 Å². The highest BCUT2D eigenvalue weighted by Gasteiger charge is 2.45. The Morgan fingerprint density at radius 1 is 0.848 bits per heavy atom. The van der Waals surface area contributed by atoms with E-state index in [0.717, 1.165) is 76.6 Å². The molecule has 46 heavy (non-hydrogen) atoms. The molecule has 1 heterocycles. The lowest BCUT2D eigenvalue weighted by Gasteiger charge is -2.42. The molecule has 2 saturated carbocycles. The molecule has 5 rings (SSSR count). The monoisotopic (exact) mass is 651 g/mol. The number of sulfonamides is 1. The Morgan fingerprint density at radius 3 is 2.02 bits per heavy atom. The Morgan fingerprint density at radius 2 is 1.46 bits per heavy atom. The minimum atomic E-state index is -3.34. The summed E-state index contributed by atoms with van der Waals surface area (Å²) in [5.74, 6) is 1.37. The first-order chi connectivity index (χ1) is 21.9. The summed E-state index contributed by atoms with van der Waals surface area (Å²) in [6, 6.07) is 20.9. The number of carbonyl (C=O) groups excluding carboxylic acids is 1. The van der Waals surface area contributed by atoms with Crippen LogP contribution in [0.2, 0.25) is 0 Å². The van der Waals surface area contributed by atoms with Gasteiger partial charge in [0.2, 0.25) is 10.0 Å². The van der Waals surface area contributed by atoms with Crippen molar-refractivity contribution in [1.29, 1.82) is 0 Å². The smallest absolute Gasteiger partial charge is 0.410 e. The highest BCUT2D eigenvalue weighted by molar-refractivity contribution is 7.88. The summed E-state index contributed by atoms with van der Waals surface area (Å²) in [4.78, 5) is 17.5. The lowest BCUT2D eigenvalue weighted by molar-refractivity contribution is 0.0599. The molecular weight excluding hydrogens is 595 g/mol. The number of piperidine rings is 1. The Hall–Kier alpha value is -2.42. The van der Waals surface area contributed by atoms with E-state index in [9.17, 15) is 13.2 Å². The summed E-state index contributed by atoms with van der Waals surface area (Å²) in [6.45, 7) is 12.7. The van der Waals surface area contributed by atoms with E-state index in [2.05, 4.69) is 56.0 Å². The number of likely N-dealkylation sites (tertiary alicyclic amines) is 1. The molecule has 0 N–H and O–H groups in total. The van der Waals surface area contributed by atoms with E-state index in [-0.39, 0.29) is 29.6 Å². The van der Waals surface area contributed by atoms with Crippen molar-refractivity contribution in [3.05, 3.63) is 71.8 Å². The molecule has 7 nitrogen and oxygen atoms in total. The van der Waals surface area contributed by atoms with Crippen LogP contribution in [0.1, 0.15) is 96.1 Å². The largest absolute Gasteiger partial charge is 0.445 e. The van der Waals surface area contributed by atoms with Gasteiger partial charge in [-0.2, -0.15) is 4.31 Å². The van der Waals surface area contributed by atoms with E-state index in [1.54, 1.807) is 0 Å².